The van der Waals surface area contributed by atoms with Gasteiger partial charge in [0.05, 0.1) is 5.69 Å². The zero-order valence-electron chi connectivity index (χ0n) is 13.2. The van der Waals surface area contributed by atoms with Gasteiger partial charge in [0, 0.05) is 31.6 Å². The van der Waals surface area contributed by atoms with E-state index < -0.39 is 0 Å². The number of anilines is 1. The molecule has 0 aliphatic rings. The van der Waals surface area contributed by atoms with Crippen LogP contribution >= 0.6 is 11.3 Å². The molecule has 1 aromatic heterocycles. The summed E-state index contributed by atoms with van der Waals surface area (Å²) >= 11 is 1.82. The minimum absolute atomic E-state index is 0.487. The molecule has 0 aliphatic heterocycles. The standard InChI is InChI=1S/C14H28N4S/c1-7-15-10-12-13(11(2)3)16-14(19-12)18(6)9-8-17(4)5/h11,15H,7-10H2,1-6H3. The topological polar surface area (TPSA) is 31.4 Å². The van der Waals surface area contributed by atoms with Crippen molar-refractivity contribution in [2.75, 3.05) is 45.7 Å². The number of aromatic nitrogens is 1. The van der Waals surface area contributed by atoms with Crippen LogP contribution in [0.25, 0.3) is 0 Å². The first-order chi connectivity index (χ1) is 8.95. The number of nitrogens with zero attached hydrogens (tertiary/aromatic N) is 3. The molecule has 110 valence electrons. The van der Waals surface area contributed by atoms with E-state index in [1.54, 1.807) is 0 Å². The molecule has 5 heteroatoms. The Balaban J connectivity index is 2.78. The SMILES string of the molecule is CCNCc1sc(N(C)CCN(C)C)nc1C(C)C. The van der Waals surface area contributed by atoms with Crippen molar-refractivity contribution in [3.8, 4) is 0 Å². The molecule has 0 fully saturated rings. The minimum Gasteiger partial charge on any atom is -0.350 e. The largest absolute Gasteiger partial charge is 0.350 e. The molecule has 1 rings (SSSR count). The van der Waals surface area contributed by atoms with Gasteiger partial charge in [-0.25, -0.2) is 4.98 Å². The van der Waals surface area contributed by atoms with Crippen LogP contribution in [0, 0.1) is 0 Å². The van der Waals surface area contributed by atoms with Gasteiger partial charge in [0.25, 0.3) is 0 Å². The van der Waals surface area contributed by atoms with Gasteiger partial charge in [0.15, 0.2) is 5.13 Å². The summed E-state index contributed by atoms with van der Waals surface area (Å²) in [5, 5.41) is 4.54. The fourth-order valence-corrected chi connectivity index (χ4v) is 2.95. The van der Waals surface area contributed by atoms with Crippen LogP contribution in [0.15, 0.2) is 0 Å². The van der Waals surface area contributed by atoms with Gasteiger partial charge in [0.2, 0.25) is 0 Å². The van der Waals surface area contributed by atoms with Crippen LogP contribution in [0.3, 0.4) is 0 Å². The first-order valence-corrected chi connectivity index (χ1v) is 7.83. The molecule has 0 saturated heterocycles. The Kier molecular flexibility index (Phi) is 6.75. The second-order valence-electron chi connectivity index (χ2n) is 5.46. The van der Waals surface area contributed by atoms with Crippen molar-refractivity contribution >= 4 is 16.5 Å². The molecule has 0 bridgehead atoms. The summed E-state index contributed by atoms with van der Waals surface area (Å²) < 4.78 is 0. The molecule has 0 unspecified atom stereocenters. The Bertz CT molecular complexity index is 374. The van der Waals surface area contributed by atoms with Crippen molar-refractivity contribution in [1.29, 1.82) is 0 Å². The van der Waals surface area contributed by atoms with Gasteiger partial charge in [-0.15, -0.1) is 11.3 Å². The maximum absolute atomic E-state index is 4.83. The Morgan fingerprint density at radius 2 is 1.89 bits per heavy atom. The van der Waals surface area contributed by atoms with Crippen molar-refractivity contribution in [2.24, 2.45) is 0 Å². The zero-order valence-corrected chi connectivity index (χ0v) is 14.0. The number of likely N-dealkylation sites (N-methyl/N-ethyl adjacent to an activating group) is 2. The van der Waals surface area contributed by atoms with E-state index in [1.807, 2.05) is 11.3 Å². The zero-order chi connectivity index (χ0) is 14.4. The van der Waals surface area contributed by atoms with Crippen molar-refractivity contribution in [3.63, 3.8) is 0 Å². The smallest absolute Gasteiger partial charge is 0.185 e. The monoisotopic (exact) mass is 284 g/mol. The van der Waals surface area contributed by atoms with E-state index in [0.29, 0.717) is 5.92 Å². The first-order valence-electron chi connectivity index (χ1n) is 7.01. The van der Waals surface area contributed by atoms with Gasteiger partial charge < -0.3 is 15.1 Å². The van der Waals surface area contributed by atoms with Crippen LogP contribution in [0.5, 0.6) is 0 Å². The summed E-state index contributed by atoms with van der Waals surface area (Å²) in [6, 6.07) is 0. The number of rotatable bonds is 8. The first kappa shape index (κ1) is 16.4. The summed E-state index contributed by atoms with van der Waals surface area (Å²) in [4.78, 5) is 10.7. The van der Waals surface area contributed by atoms with Gasteiger partial charge >= 0.3 is 0 Å². The lowest BCUT2D eigenvalue weighted by molar-refractivity contribution is 0.416. The van der Waals surface area contributed by atoms with E-state index in [9.17, 15) is 0 Å². The highest BCUT2D eigenvalue weighted by Crippen LogP contribution is 2.30. The number of hydrogen-bond donors (Lipinski definition) is 1. The maximum atomic E-state index is 4.83. The lowest BCUT2D eigenvalue weighted by Crippen LogP contribution is -2.28. The van der Waals surface area contributed by atoms with Crippen LogP contribution in [0.4, 0.5) is 5.13 Å². The summed E-state index contributed by atoms with van der Waals surface area (Å²) in [5.41, 5.74) is 1.25. The van der Waals surface area contributed by atoms with Gasteiger partial charge in [-0.2, -0.15) is 0 Å². The lowest BCUT2D eigenvalue weighted by Gasteiger charge is -2.18. The van der Waals surface area contributed by atoms with Crippen molar-refractivity contribution in [2.45, 2.75) is 33.2 Å². The third-order valence-corrected chi connectivity index (χ3v) is 4.19. The lowest BCUT2D eigenvalue weighted by atomic mass is 10.1. The molecule has 0 atom stereocenters. The highest BCUT2D eigenvalue weighted by molar-refractivity contribution is 7.15. The number of hydrogen-bond acceptors (Lipinski definition) is 5. The predicted octanol–water partition coefficient (Wildman–Crippen LogP) is 2.37. The van der Waals surface area contributed by atoms with E-state index in [1.165, 1.54) is 10.6 Å². The molecule has 0 saturated carbocycles. The fraction of sp³-hybridized carbons (Fsp3) is 0.786. The van der Waals surface area contributed by atoms with Crippen molar-refractivity contribution in [3.05, 3.63) is 10.6 Å². The van der Waals surface area contributed by atoms with E-state index >= 15 is 0 Å². The third-order valence-electron chi connectivity index (χ3n) is 3.01. The van der Waals surface area contributed by atoms with E-state index in [4.69, 9.17) is 4.98 Å². The van der Waals surface area contributed by atoms with Crippen molar-refractivity contribution < 1.29 is 0 Å². The summed E-state index contributed by atoms with van der Waals surface area (Å²) in [5.74, 6) is 0.487. The van der Waals surface area contributed by atoms with Crippen LogP contribution in [-0.4, -0.2) is 50.7 Å². The van der Waals surface area contributed by atoms with Crippen LogP contribution in [-0.2, 0) is 6.54 Å². The third kappa shape index (κ3) is 5.09. The fourth-order valence-electron chi connectivity index (χ4n) is 1.78. The quantitative estimate of drug-likeness (QED) is 0.794. The molecule has 19 heavy (non-hydrogen) atoms. The Labute approximate surface area is 121 Å². The Morgan fingerprint density at radius 3 is 2.42 bits per heavy atom. The number of nitrogens with one attached hydrogen (secondary N) is 1. The molecular weight excluding hydrogens is 256 g/mol. The molecule has 4 nitrogen and oxygen atoms in total. The molecule has 0 aliphatic carbocycles. The second-order valence-corrected chi connectivity index (χ2v) is 6.53. The van der Waals surface area contributed by atoms with E-state index in [0.717, 1.165) is 31.3 Å². The summed E-state index contributed by atoms with van der Waals surface area (Å²) in [7, 11) is 6.33. The minimum atomic E-state index is 0.487. The van der Waals surface area contributed by atoms with Gasteiger partial charge in [-0.05, 0) is 26.6 Å². The van der Waals surface area contributed by atoms with Crippen LogP contribution in [0.1, 0.15) is 37.3 Å². The molecular formula is C14H28N4S. The predicted molar refractivity (Wildman–Crippen MR) is 85.4 cm³/mol. The molecule has 0 spiro atoms. The average Bonchev–Trinajstić information content (AvgIpc) is 2.77. The van der Waals surface area contributed by atoms with Gasteiger partial charge in [-0.3, -0.25) is 0 Å². The van der Waals surface area contributed by atoms with Crippen molar-refractivity contribution in [1.82, 2.24) is 15.2 Å². The highest BCUT2D eigenvalue weighted by atomic mass is 32.1. The highest BCUT2D eigenvalue weighted by Gasteiger charge is 2.16. The Hall–Kier alpha value is -0.650. The molecule has 1 aromatic rings. The van der Waals surface area contributed by atoms with Gasteiger partial charge in [-0.1, -0.05) is 20.8 Å². The number of thiazole rings is 1. The summed E-state index contributed by atoms with van der Waals surface area (Å²) in [6.07, 6.45) is 0. The molecule has 1 heterocycles. The van der Waals surface area contributed by atoms with Gasteiger partial charge in [0.1, 0.15) is 0 Å². The molecule has 0 amide bonds. The molecule has 1 N–H and O–H groups in total. The normalized spacial score (nSPS) is 11.6. The van der Waals surface area contributed by atoms with E-state index in [2.05, 4.69) is 57.0 Å². The van der Waals surface area contributed by atoms with Crippen LogP contribution < -0.4 is 10.2 Å². The molecule has 0 radical (unpaired) electrons. The summed E-state index contributed by atoms with van der Waals surface area (Å²) in [6.45, 7) is 10.6. The van der Waals surface area contributed by atoms with E-state index in [-0.39, 0.29) is 0 Å². The second kappa shape index (κ2) is 7.82. The maximum Gasteiger partial charge on any atom is 0.185 e. The molecule has 0 aromatic carbocycles. The van der Waals surface area contributed by atoms with Crippen LogP contribution in [0.2, 0.25) is 0 Å². The average molecular weight is 284 g/mol. The Morgan fingerprint density at radius 1 is 1.21 bits per heavy atom.